The van der Waals surface area contributed by atoms with Gasteiger partial charge >= 0.3 is 0 Å². The van der Waals surface area contributed by atoms with Crippen molar-refractivity contribution in [1.82, 2.24) is 4.57 Å². The normalized spacial score (nSPS) is 11.8. The van der Waals surface area contributed by atoms with Crippen molar-refractivity contribution in [2.45, 2.75) is 40.2 Å². The lowest BCUT2D eigenvalue weighted by Gasteiger charge is -2.25. The molecule has 0 radical (unpaired) electrons. The molecule has 4 aromatic rings. The van der Waals surface area contributed by atoms with E-state index in [0.29, 0.717) is 0 Å². The molecule has 4 rings (SSSR count). The van der Waals surface area contributed by atoms with Gasteiger partial charge in [0, 0.05) is 22.9 Å². The number of aromatic nitrogens is 1. The topological polar surface area (TPSA) is 18.1 Å². The largest absolute Gasteiger partial charge is 0.462 e. The average Bonchev–Trinajstić information content (AvgIpc) is 3.29. The van der Waals surface area contributed by atoms with Crippen molar-refractivity contribution >= 4 is 0 Å². The molecule has 0 fully saturated rings. The van der Waals surface area contributed by atoms with Gasteiger partial charge in [-0.3, -0.25) is 0 Å². The minimum Gasteiger partial charge on any atom is -0.462 e. The lowest BCUT2D eigenvalue weighted by Crippen LogP contribution is -2.21. The van der Waals surface area contributed by atoms with Crippen molar-refractivity contribution < 1.29 is 4.42 Å². The first-order chi connectivity index (χ1) is 13.3. The van der Waals surface area contributed by atoms with Crippen molar-refractivity contribution in [2.24, 2.45) is 0 Å². The molecule has 142 valence electrons. The lowest BCUT2D eigenvalue weighted by molar-refractivity contribution is 0.399. The van der Waals surface area contributed by atoms with E-state index in [4.69, 9.17) is 4.42 Å². The molecule has 0 saturated carbocycles. The van der Waals surface area contributed by atoms with Crippen LogP contribution < -0.4 is 0 Å². The summed E-state index contributed by atoms with van der Waals surface area (Å²) in [5, 5.41) is 0. The molecule has 0 atom stereocenters. The van der Waals surface area contributed by atoms with Gasteiger partial charge < -0.3 is 8.98 Å². The van der Waals surface area contributed by atoms with Gasteiger partial charge in [0.05, 0.1) is 12.0 Å². The summed E-state index contributed by atoms with van der Waals surface area (Å²) < 4.78 is 8.41. The summed E-state index contributed by atoms with van der Waals surface area (Å²) in [5.74, 6) is 0.916. The quantitative estimate of drug-likeness (QED) is 0.366. The molecule has 2 aromatic heterocycles. The monoisotopic (exact) mass is 369 g/mol. The highest BCUT2D eigenvalue weighted by Crippen LogP contribution is 2.41. The first-order valence-corrected chi connectivity index (χ1v) is 9.78. The number of nitrogens with zero attached hydrogens (tertiary/aromatic N) is 1. The van der Waals surface area contributed by atoms with Gasteiger partial charge in [0.2, 0.25) is 0 Å². The molecule has 0 aliphatic heterocycles. The second-order valence-corrected chi connectivity index (χ2v) is 8.51. The van der Waals surface area contributed by atoms with Gasteiger partial charge in [-0.25, -0.2) is 0 Å². The molecule has 2 heteroatoms. The van der Waals surface area contributed by atoms with Crippen molar-refractivity contribution in [1.29, 1.82) is 0 Å². The second kappa shape index (κ2) is 6.87. The Kier molecular flexibility index (Phi) is 4.50. The molecule has 2 aromatic carbocycles. The maximum Gasteiger partial charge on any atom is 0.158 e. The van der Waals surface area contributed by atoms with E-state index in [1.807, 2.05) is 0 Å². The predicted molar refractivity (Wildman–Crippen MR) is 117 cm³/mol. The highest BCUT2D eigenvalue weighted by molar-refractivity contribution is 5.87. The second-order valence-electron chi connectivity index (χ2n) is 8.51. The summed E-state index contributed by atoms with van der Waals surface area (Å²) in [4.78, 5) is 0. The van der Waals surface area contributed by atoms with Crippen LogP contribution in [0.15, 0.2) is 77.5 Å². The summed E-state index contributed by atoms with van der Waals surface area (Å²) in [6.07, 6.45) is 3.97. The summed E-state index contributed by atoms with van der Waals surface area (Å²) in [7, 11) is 0. The van der Waals surface area contributed by atoms with Crippen LogP contribution in [-0.2, 0) is 5.54 Å². The van der Waals surface area contributed by atoms with Crippen LogP contribution in [0.4, 0.5) is 0 Å². The molecule has 2 nitrogen and oxygen atoms in total. The molecule has 0 unspecified atom stereocenters. The van der Waals surface area contributed by atoms with Crippen LogP contribution in [0, 0.1) is 13.8 Å². The third kappa shape index (κ3) is 3.31. The molecule has 0 aliphatic carbocycles. The van der Waals surface area contributed by atoms with E-state index >= 15 is 0 Å². The molecular formula is C26H27NO. The van der Waals surface area contributed by atoms with E-state index in [1.165, 1.54) is 27.8 Å². The third-order valence-corrected chi connectivity index (χ3v) is 5.21. The Morgan fingerprint density at radius 2 is 1.21 bits per heavy atom. The molecule has 0 aliphatic rings. The van der Waals surface area contributed by atoms with Crippen LogP contribution in [-0.4, -0.2) is 4.57 Å². The number of hydrogen-bond donors (Lipinski definition) is 0. The fourth-order valence-electron chi connectivity index (χ4n) is 3.64. The van der Waals surface area contributed by atoms with Crippen molar-refractivity contribution in [3.8, 4) is 33.7 Å². The van der Waals surface area contributed by atoms with Crippen LogP contribution in [0.1, 0.15) is 31.9 Å². The molecule has 0 bridgehead atoms. The summed E-state index contributed by atoms with van der Waals surface area (Å²) in [5.41, 5.74) is 8.27. The first-order valence-electron chi connectivity index (χ1n) is 9.78. The van der Waals surface area contributed by atoms with Gasteiger partial charge in [-0.2, -0.15) is 0 Å². The van der Waals surface area contributed by atoms with Crippen LogP contribution in [0.3, 0.4) is 0 Å². The minimum atomic E-state index is -0.0599. The maximum atomic E-state index is 6.09. The Morgan fingerprint density at radius 1 is 0.679 bits per heavy atom. The minimum absolute atomic E-state index is 0.0599. The number of furan rings is 1. The fraction of sp³-hybridized carbons (Fsp3) is 0.231. The molecule has 0 N–H and O–H groups in total. The Labute approximate surface area is 167 Å². The van der Waals surface area contributed by atoms with Gasteiger partial charge in [-0.1, -0.05) is 59.7 Å². The fourth-order valence-corrected chi connectivity index (χ4v) is 3.64. The van der Waals surface area contributed by atoms with Gasteiger partial charge in [-0.05, 0) is 57.9 Å². The Balaban J connectivity index is 1.95. The Bertz CT molecular complexity index is 1090. The van der Waals surface area contributed by atoms with E-state index in [-0.39, 0.29) is 5.54 Å². The lowest BCUT2D eigenvalue weighted by atomic mass is 9.98. The smallest absolute Gasteiger partial charge is 0.158 e. The van der Waals surface area contributed by atoms with E-state index in [9.17, 15) is 0 Å². The average molecular weight is 370 g/mol. The number of benzene rings is 2. The maximum absolute atomic E-state index is 6.09. The summed E-state index contributed by atoms with van der Waals surface area (Å²) in [6, 6.07) is 21.6. The standard InChI is InChI=1S/C26H27NO/c1-18-6-10-20(11-7-18)22-14-16-27(26(3,4)5)24(22)25-23(15-17-28-25)21-12-8-19(2)9-13-21/h6-17H,1-5H3. The van der Waals surface area contributed by atoms with Crippen molar-refractivity contribution in [3.05, 3.63) is 84.3 Å². The van der Waals surface area contributed by atoms with E-state index in [2.05, 4.69) is 106 Å². The third-order valence-electron chi connectivity index (χ3n) is 5.21. The molecular weight excluding hydrogens is 342 g/mol. The SMILES string of the molecule is Cc1ccc(-c2ccoc2-c2c(-c3ccc(C)cc3)ccn2C(C)(C)C)cc1. The number of hydrogen-bond acceptors (Lipinski definition) is 1. The summed E-state index contributed by atoms with van der Waals surface area (Å²) in [6.45, 7) is 10.9. The molecule has 28 heavy (non-hydrogen) atoms. The zero-order valence-electron chi connectivity index (χ0n) is 17.3. The molecule has 0 saturated heterocycles. The molecule has 0 amide bonds. The van der Waals surface area contributed by atoms with Crippen LogP contribution >= 0.6 is 0 Å². The van der Waals surface area contributed by atoms with Crippen molar-refractivity contribution in [2.75, 3.05) is 0 Å². The first kappa shape index (κ1) is 18.4. The highest BCUT2D eigenvalue weighted by atomic mass is 16.3. The zero-order chi connectivity index (χ0) is 19.9. The van der Waals surface area contributed by atoms with Gasteiger partial charge in [0.1, 0.15) is 0 Å². The van der Waals surface area contributed by atoms with Crippen LogP contribution in [0.25, 0.3) is 33.7 Å². The molecule has 0 spiro atoms. The number of aryl methyl sites for hydroxylation is 2. The van der Waals surface area contributed by atoms with Crippen LogP contribution in [0.5, 0.6) is 0 Å². The van der Waals surface area contributed by atoms with Gasteiger partial charge in [-0.15, -0.1) is 0 Å². The van der Waals surface area contributed by atoms with E-state index in [0.717, 1.165) is 17.0 Å². The molecule has 2 heterocycles. The Hall–Kier alpha value is -3.00. The predicted octanol–water partition coefficient (Wildman–Crippen LogP) is 7.45. The van der Waals surface area contributed by atoms with Gasteiger partial charge in [0.15, 0.2) is 5.76 Å². The Morgan fingerprint density at radius 3 is 1.75 bits per heavy atom. The van der Waals surface area contributed by atoms with Gasteiger partial charge in [0.25, 0.3) is 0 Å². The number of rotatable bonds is 3. The summed E-state index contributed by atoms with van der Waals surface area (Å²) >= 11 is 0. The van der Waals surface area contributed by atoms with Crippen molar-refractivity contribution in [3.63, 3.8) is 0 Å². The van der Waals surface area contributed by atoms with E-state index in [1.54, 1.807) is 6.26 Å². The highest BCUT2D eigenvalue weighted by Gasteiger charge is 2.25. The van der Waals surface area contributed by atoms with E-state index < -0.39 is 0 Å². The van der Waals surface area contributed by atoms with Crippen LogP contribution in [0.2, 0.25) is 0 Å². The zero-order valence-corrected chi connectivity index (χ0v) is 17.3.